The number of likely N-dealkylation sites (tertiary alicyclic amines) is 1. The van der Waals surface area contributed by atoms with Gasteiger partial charge in [0.05, 0.1) is 19.7 Å². The molecule has 0 N–H and O–H groups in total. The monoisotopic (exact) mass is 353 g/mol. The molecule has 4 heterocycles. The summed E-state index contributed by atoms with van der Waals surface area (Å²) in [7, 11) is 0. The van der Waals surface area contributed by atoms with E-state index < -0.39 is 0 Å². The fourth-order valence-electron chi connectivity index (χ4n) is 3.83. The van der Waals surface area contributed by atoms with Gasteiger partial charge in [-0.2, -0.15) is 0 Å². The molecule has 2 saturated heterocycles. The molecule has 6 heteroatoms. The summed E-state index contributed by atoms with van der Waals surface area (Å²) in [5, 5.41) is 0. The number of carbonyl (C=O) groups excluding carboxylic acids is 1. The lowest BCUT2D eigenvalue weighted by Crippen LogP contribution is -2.66. The lowest BCUT2D eigenvalue weighted by molar-refractivity contribution is -0.166. The van der Waals surface area contributed by atoms with E-state index in [9.17, 15) is 4.79 Å². The van der Waals surface area contributed by atoms with Crippen molar-refractivity contribution in [2.75, 3.05) is 26.3 Å². The topological polar surface area (TPSA) is 64.6 Å². The van der Waals surface area contributed by atoms with E-state index in [0.717, 1.165) is 25.9 Å². The smallest absolute Gasteiger partial charge is 0.254 e. The highest BCUT2D eigenvalue weighted by atomic mass is 16.5. The molecule has 2 aromatic rings. The largest absolute Gasteiger partial charge is 0.478 e. The number of rotatable bonds is 5. The Hall–Kier alpha value is -2.47. The molecule has 2 aliphatic heterocycles. The lowest BCUT2D eigenvalue weighted by Gasteiger charge is -2.53. The van der Waals surface area contributed by atoms with E-state index in [0.29, 0.717) is 37.1 Å². The highest BCUT2D eigenvalue weighted by Crippen LogP contribution is 2.38. The maximum Gasteiger partial charge on any atom is 0.254 e. The van der Waals surface area contributed by atoms with Crippen LogP contribution in [0.15, 0.2) is 48.9 Å². The zero-order valence-electron chi connectivity index (χ0n) is 14.7. The van der Waals surface area contributed by atoms with E-state index in [4.69, 9.17) is 9.47 Å². The summed E-state index contributed by atoms with van der Waals surface area (Å²) in [5.41, 5.74) is 0.516. The van der Waals surface area contributed by atoms with Crippen LogP contribution in [0.5, 0.6) is 5.88 Å². The summed E-state index contributed by atoms with van der Waals surface area (Å²) in [5.74, 6) is 1.29. The molecule has 26 heavy (non-hydrogen) atoms. The first-order valence-electron chi connectivity index (χ1n) is 9.11. The Balaban J connectivity index is 1.26. The second-order valence-electron chi connectivity index (χ2n) is 7.09. The summed E-state index contributed by atoms with van der Waals surface area (Å²) in [6.45, 7) is 2.76. The number of carbonyl (C=O) groups is 1. The molecular weight excluding hydrogens is 330 g/mol. The molecule has 1 amide bonds. The summed E-state index contributed by atoms with van der Waals surface area (Å²) in [6, 6.07) is 9.19. The van der Waals surface area contributed by atoms with Gasteiger partial charge in [0.25, 0.3) is 5.91 Å². The van der Waals surface area contributed by atoms with Gasteiger partial charge in [-0.25, -0.2) is 4.98 Å². The van der Waals surface area contributed by atoms with Gasteiger partial charge >= 0.3 is 0 Å². The molecular formula is C20H23N3O3. The van der Waals surface area contributed by atoms with E-state index in [-0.39, 0.29) is 11.5 Å². The molecule has 0 radical (unpaired) electrons. The highest BCUT2D eigenvalue weighted by Gasteiger charge is 2.49. The number of amides is 1. The maximum atomic E-state index is 12.5. The van der Waals surface area contributed by atoms with Crippen LogP contribution in [0.2, 0.25) is 0 Å². The fraction of sp³-hybridized carbons (Fsp3) is 0.450. The van der Waals surface area contributed by atoms with Gasteiger partial charge in [-0.3, -0.25) is 9.78 Å². The second kappa shape index (κ2) is 7.41. The van der Waals surface area contributed by atoms with Crippen LogP contribution < -0.4 is 4.74 Å². The number of aromatic nitrogens is 2. The fourth-order valence-corrected chi connectivity index (χ4v) is 3.83. The molecule has 6 nitrogen and oxygen atoms in total. The Bertz CT molecular complexity index is 732. The first kappa shape index (κ1) is 17.0. The SMILES string of the molecule is O=C(c1ccncc1)N1CC2(CC(CCOc3ccccn3)CCO2)C1. The average Bonchev–Trinajstić information content (AvgIpc) is 2.67. The van der Waals surface area contributed by atoms with Crippen molar-refractivity contribution in [3.05, 3.63) is 54.5 Å². The Morgan fingerprint density at radius 3 is 2.85 bits per heavy atom. The van der Waals surface area contributed by atoms with Gasteiger partial charge in [0.1, 0.15) is 5.60 Å². The summed E-state index contributed by atoms with van der Waals surface area (Å²) in [4.78, 5) is 22.5. The summed E-state index contributed by atoms with van der Waals surface area (Å²) in [6.07, 6.45) is 8.06. The minimum absolute atomic E-state index is 0.0576. The van der Waals surface area contributed by atoms with Crippen LogP contribution in [0, 0.1) is 5.92 Å². The third kappa shape index (κ3) is 3.70. The molecule has 1 atom stereocenters. The normalized spacial score (nSPS) is 21.2. The van der Waals surface area contributed by atoms with Gasteiger partial charge in [-0.1, -0.05) is 6.07 Å². The van der Waals surface area contributed by atoms with Gasteiger partial charge in [0.2, 0.25) is 5.88 Å². The number of ether oxygens (including phenoxy) is 2. The number of hydrogen-bond donors (Lipinski definition) is 0. The summed E-state index contributed by atoms with van der Waals surface area (Å²) >= 11 is 0. The van der Waals surface area contributed by atoms with Crippen LogP contribution in [0.3, 0.4) is 0 Å². The molecule has 0 aromatic carbocycles. The standard InChI is InChI=1S/C20H23N3O3/c24-19(17-4-9-21-10-5-17)23-14-20(15-23)13-16(7-12-26-20)6-11-25-18-3-1-2-8-22-18/h1-5,8-10,16H,6-7,11-15H2. The molecule has 0 bridgehead atoms. The van der Waals surface area contributed by atoms with Crippen LogP contribution in [-0.2, 0) is 4.74 Å². The first-order chi connectivity index (χ1) is 12.7. The Morgan fingerprint density at radius 1 is 1.23 bits per heavy atom. The van der Waals surface area contributed by atoms with E-state index >= 15 is 0 Å². The first-order valence-corrected chi connectivity index (χ1v) is 9.11. The van der Waals surface area contributed by atoms with Gasteiger partial charge in [-0.15, -0.1) is 0 Å². The predicted octanol–water partition coefficient (Wildman–Crippen LogP) is 2.57. The van der Waals surface area contributed by atoms with E-state index in [1.165, 1.54) is 0 Å². The van der Waals surface area contributed by atoms with Crippen molar-refractivity contribution in [3.8, 4) is 5.88 Å². The molecule has 2 aromatic heterocycles. The van der Waals surface area contributed by atoms with Crippen LogP contribution in [-0.4, -0.2) is 52.7 Å². The molecule has 4 rings (SSSR count). The third-order valence-electron chi connectivity index (χ3n) is 5.18. The molecule has 0 aliphatic carbocycles. The van der Waals surface area contributed by atoms with Gasteiger partial charge in [0, 0.05) is 36.8 Å². The van der Waals surface area contributed by atoms with Crippen molar-refractivity contribution in [2.45, 2.75) is 24.9 Å². The van der Waals surface area contributed by atoms with Crippen molar-refractivity contribution in [1.29, 1.82) is 0 Å². The Labute approximate surface area is 153 Å². The number of hydrogen-bond acceptors (Lipinski definition) is 5. The lowest BCUT2D eigenvalue weighted by atomic mass is 9.79. The van der Waals surface area contributed by atoms with E-state index in [1.807, 2.05) is 23.1 Å². The maximum absolute atomic E-state index is 12.5. The van der Waals surface area contributed by atoms with Crippen LogP contribution >= 0.6 is 0 Å². The minimum atomic E-state index is -0.170. The molecule has 0 saturated carbocycles. The third-order valence-corrected chi connectivity index (χ3v) is 5.18. The van der Waals surface area contributed by atoms with Gasteiger partial charge in [-0.05, 0) is 43.4 Å². The van der Waals surface area contributed by atoms with Gasteiger partial charge < -0.3 is 14.4 Å². The van der Waals surface area contributed by atoms with E-state index in [1.54, 1.807) is 30.7 Å². The van der Waals surface area contributed by atoms with Gasteiger partial charge in [0.15, 0.2) is 0 Å². The van der Waals surface area contributed by atoms with Crippen LogP contribution in [0.4, 0.5) is 0 Å². The zero-order chi connectivity index (χ0) is 17.8. The highest BCUT2D eigenvalue weighted by molar-refractivity contribution is 5.94. The average molecular weight is 353 g/mol. The molecule has 2 aliphatic rings. The molecule has 136 valence electrons. The van der Waals surface area contributed by atoms with Crippen LogP contribution in [0.1, 0.15) is 29.6 Å². The van der Waals surface area contributed by atoms with Crippen molar-refractivity contribution in [2.24, 2.45) is 5.92 Å². The van der Waals surface area contributed by atoms with Crippen LogP contribution in [0.25, 0.3) is 0 Å². The number of nitrogens with zero attached hydrogens (tertiary/aromatic N) is 3. The Kier molecular flexibility index (Phi) is 4.84. The summed E-state index contributed by atoms with van der Waals surface area (Å²) < 4.78 is 11.8. The molecule has 1 unspecified atom stereocenters. The van der Waals surface area contributed by atoms with Crippen molar-refractivity contribution in [1.82, 2.24) is 14.9 Å². The van der Waals surface area contributed by atoms with Crippen molar-refractivity contribution in [3.63, 3.8) is 0 Å². The predicted molar refractivity (Wildman–Crippen MR) is 95.9 cm³/mol. The number of pyridine rings is 2. The quantitative estimate of drug-likeness (QED) is 0.827. The van der Waals surface area contributed by atoms with E-state index in [2.05, 4.69) is 9.97 Å². The Morgan fingerprint density at radius 2 is 2.08 bits per heavy atom. The molecule has 2 fully saturated rings. The second-order valence-corrected chi connectivity index (χ2v) is 7.09. The van der Waals surface area contributed by atoms with Crippen molar-refractivity contribution >= 4 is 5.91 Å². The minimum Gasteiger partial charge on any atom is -0.478 e. The zero-order valence-corrected chi connectivity index (χ0v) is 14.7. The molecule has 1 spiro atoms. The van der Waals surface area contributed by atoms with Crippen molar-refractivity contribution < 1.29 is 14.3 Å².